The highest BCUT2D eigenvalue weighted by molar-refractivity contribution is 7.22. The minimum atomic E-state index is -0.132. The predicted octanol–water partition coefficient (Wildman–Crippen LogP) is 3.52. The number of nitrogens with one attached hydrogen (secondary N) is 1. The van der Waals surface area contributed by atoms with Gasteiger partial charge in [0.05, 0.1) is 28.9 Å². The Bertz CT molecular complexity index is 1020. The quantitative estimate of drug-likeness (QED) is 0.597. The van der Waals surface area contributed by atoms with Crippen LogP contribution >= 0.6 is 11.3 Å². The second kappa shape index (κ2) is 6.52. The van der Waals surface area contributed by atoms with Gasteiger partial charge in [0.2, 0.25) is 5.91 Å². The third-order valence-corrected chi connectivity index (χ3v) is 4.61. The van der Waals surface area contributed by atoms with E-state index in [1.807, 2.05) is 60.1 Å². The molecule has 0 fully saturated rings. The summed E-state index contributed by atoms with van der Waals surface area (Å²) in [7, 11) is 0. The molecule has 0 aliphatic heterocycles. The standard InChI is InChI=1S/C18H16N4O2S/c1-2-24-13-6-7-14-15(10-13)25-18(20-14)21-17(23)9-12-11-22-8-4-3-5-16(22)19-12/h3-8,10-11H,2,9H2,1H3,(H,20,21,23). The van der Waals surface area contributed by atoms with E-state index in [1.165, 1.54) is 11.3 Å². The summed E-state index contributed by atoms with van der Waals surface area (Å²) in [6.45, 7) is 2.56. The minimum absolute atomic E-state index is 0.132. The van der Waals surface area contributed by atoms with E-state index in [0.29, 0.717) is 11.7 Å². The van der Waals surface area contributed by atoms with Crippen molar-refractivity contribution in [3.05, 3.63) is 54.5 Å². The zero-order valence-electron chi connectivity index (χ0n) is 13.6. The number of carbonyl (C=O) groups is 1. The number of benzene rings is 1. The van der Waals surface area contributed by atoms with Crippen LogP contribution in [0.2, 0.25) is 0 Å². The van der Waals surface area contributed by atoms with Crippen molar-refractivity contribution in [2.24, 2.45) is 0 Å². The fourth-order valence-corrected chi connectivity index (χ4v) is 3.53. The molecule has 0 aliphatic rings. The van der Waals surface area contributed by atoms with Crippen LogP contribution in [0.15, 0.2) is 48.8 Å². The van der Waals surface area contributed by atoms with Crippen LogP contribution < -0.4 is 10.1 Å². The molecule has 25 heavy (non-hydrogen) atoms. The fourth-order valence-electron chi connectivity index (χ4n) is 2.62. The Hall–Kier alpha value is -2.93. The number of hydrogen-bond acceptors (Lipinski definition) is 5. The van der Waals surface area contributed by atoms with E-state index in [0.717, 1.165) is 27.3 Å². The molecular weight excluding hydrogens is 336 g/mol. The van der Waals surface area contributed by atoms with Crippen molar-refractivity contribution in [2.45, 2.75) is 13.3 Å². The molecule has 1 N–H and O–H groups in total. The normalized spacial score (nSPS) is 11.1. The number of amides is 1. The van der Waals surface area contributed by atoms with E-state index in [-0.39, 0.29) is 12.3 Å². The van der Waals surface area contributed by atoms with Gasteiger partial charge in [-0.25, -0.2) is 9.97 Å². The molecule has 0 aliphatic carbocycles. The Morgan fingerprint density at radius 1 is 1.28 bits per heavy atom. The van der Waals surface area contributed by atoms with Gasteiger partial charge in [-0.2, -0.15) is 0 Å². The second-order valence-corrected chi connectivity index (χ2v) is 6.54. The molecule has 7 heteroatoms. The molecule has 1 aromatic carbocycles. The summed E-state index contributed by atoms with van der Waals surface area (Å²) in [5.41, 5.74) is 2.40. The first kappa shape index (κ1) is 15.6. The van der Waals surface area contributed by atoms with E-state index in [9.17, 15) is 4.79 Å². The van der Waals surface area contributed by atoms with Crippen molar-refractivity contribution in [3.63, 3.8) is 0 Å². The lowest BCUT2D eigenvalue weighted by molar-refractivity contribution is -0.115. The van der Waals surface area contributed by atoms with E-state index >= 15 is 0 Å². The number of rotatable bonds is 5. The average molecular weight is 352 g/mol. The smallest absolute Gasteiger partial charge is 0.232 e. The van der Waals surface area contributed by atoms with Gasteiger partial charge in [0.15, 0.2) is 5.13 Å². The molecule has 0 unspecified atom stereocenters. The monoisotopic (exact) mass is 352 g/mol. The number of thiazole rings is 1. The molecule has 3 heterocycles. The summed E-state index contributed by atoms with van der Waals surface area (Å²) in [6.07, 6.45) is 3.98. The van der Waals surface area contributed by atoms with E-state index in [2.05, 4.69) is 15.3 Å². The van der Waals surface area contributed by atoms with Crippen molar-refractivity contribution in [1.82, 2.24) is 14.4 Å². The Balaban J connectivity index is 1.49. The maximum absolute atomic E-state index is 12.3. The number of imidazole rings is 1. The molecular formula is C18H16N4O2S. The molecule has 3 aromatic heterocycles. The van der Waals surface area contributed by atoms with Gasteiger partial charge in [0.1, 0.15) is 11.4 Å². The van der Waals surface area contributed by atoms with Gasteiger partial charge in [-0.3, -0.25) is 4.79 Å². The SMILES string of the molecule is CCOc1ccc2nc(NC(=O)Cc3cn4ccccc4n3)sc2c1. The molecule has 0 saturated heterocycles. The molecule has 126 valence electrons. The Morgan fingerprint density at radius 2 is 2.20 bits per heavy atom. The maximum atomic E-state index is 12.3. The van der Waals surface area contributed by atoms with Crippen molar-refractivity contribution in [2.75, 3.05) is 11.9 Å². The van der Waals surface area contributed by atoms with Crippen LogP contribution in [0.3, 0.4) is 0 Å². The number of nitrogens with zero attached hydrogens (tertiary/aromatic N) is 3. The largest absolute Gasteiger partial charge is 0.494 e. The first-order chi connectivity index (χ1) is 12.2. The third-order valence-electron chi connectivity index (χ3n) is 3.67. The number of anilines is 1. The van der Waals surface area contributed by atoms with Crippen LogP contribution in [-0.2, 0) is 11.2 Å². The topological polar surface area (TPSA) is 68.5 Å². The molecule has 0 radical (unpaired) electrons. The lowest BCUT2D eigenvalue weighted by atomic mass is 10.3. The van der Waals surface area contributed by atoms with Crippen molar-refractivity contribution < 1.29 is 9.53 Å². The number of aromatic nitrogens is 3. The summed E-state index contributed by atoms with van der Waals surface area (Å²) in [5, 5.41) is 3.43. The summed E-state index contributed by atoms with van der Waals surface area (Å²) < 4.78 is 8.37. The molecule has 0 saturated carbocycles. The Kier molecular flexibility index (Phi) is 4.07. The first-order valence-electron chi connectivity index (χ1n) is 7.97. The molecule has 6 nitrogen and oxygen atoms in total. The van der Waals surface area contributed by atoms with Crippen LogP contribution in [-0.4, -0.2) is 26.9 Å². The second-order valence-electron chi connectivity index (χ2n) is 5.50. The fraction of sp³-hybridized carbons (Fsp3) is 0.167. The van der Waals surface area contributed by atoms with Crippen LogP contribution in [0.5, 0.6) is 5.75 Å². The van der Waals surface area contributed by atoms with Crippen LogP contribution in [0.4, 0.5) is 5.13 Å². The summed E-state index contributed by atoms with van der Waals surface area (Å²) in [4.78, 5) is 21.2. The molecule has 4 aromatic rings. The number of ether oxygens (including phenoxy) is 1. The Morgan fingerprint density at radius 3 is 3.04 bits per heavy atom. The van der Waals surface area contributed by atoms with Gasteiger partial charge >= 0.3 is 0 Å². The Labute approximate surface area is 148 Å². The molecule has 0 atom stereocenters. The third kappa shape index (κ3) is 3.32. The number of carbonyl (C=O) groups excluding carboxylic acids is 1. The van der Waals surface area contributed by atoms with Gasteiger partial charge in [-0.05, 0) is 37.3 Å². The molecule has 0 bridgehead atoms. The van der Waals surface area contributed by atoms with Crippen LogP contribution in [0.25, 0.3) is 15.9 Å². The van der Waals surface area contributed by atoms with E-state index < -0.39 is 0 Å². The average Bonchev–Trinajstić information content (AvgIpc) is 3.16. The number of pyridine rings is 1. The lowest BCUT2D eigenvalue weighted by Crippen LogP contribution is -2.14. The highest BCUT2D eigenvalue weighted by Gasteiger charge is 2.11. The van der Waals surface area contributed by atoms with Gasteiger partial charge in [-0.1, -0.05) is 17.4 Å². The van der Waals surface area contributed by atoms with Crippen LogP contribution in [0.1, 0.15) is 12.6 Å². The minimum Gasteiger partial charge on any atom is -0.494 e. The highest BCUT2D eigenvalue weighted by Crippen LogP contribution is 2.29. The summed E-state index contributed by atoms with van der Waals surface area (Å²) >= 11 is 1.43. The zero-order chi connectivity index (χ0) is 17.2. The van der Waals surface area contributed by atoms with Gasteiger partial charge < -0.3 is 14.5 Å². The van der Waals surface area contributed by atoms with Crippen molar-refractivity contribution >= 4 is 38.2 Å². The van der Waals surface area contributed by atoms with Crippen molar-refractivity contribution in [3.8, 4) is 5.75 Å². The maximum Gasteiger partial charge on any atom is 0.232 e. The van der Waals surface area contributed by atoms with Crippen LogP contribution in [0, 0.1) is 0 Å². The first-order valence-corrected chi connectivity index (χ1v) is 8.79. The van der Waals surface area contributed by atoms with Gasteiger partial charge in [0, 0.05) is 12.4 Å². The predicted molar refractivity (Wildman–Crippen MR) is 98.3 cm³/mol. The molecule has 4 rings (SSSR count). The lowest BCUT2D eigenvalue weighted by Gasteiger charge is -2.00. The zero-order valence-corrected chi connectivity index (χ0v) is 14.4. The number of hydrogen-bond donors (Lipinski definition) is 1. The molecule has 1 amide bonds. The van der Waals surface area contributed by atoms with Gasteiger partial charge in [-0.15, -0.1) is 0 Å². The summed E-state index contributed by atoms with van der Waals surface area (Å²) in [5.74, 6) is 0.675. The molecule has 0 spiro atoms. The number of fused-ring (bicyclic) bond motifs is 2. The van der Waals surface area contributed by atoms with Crippen molar-refractivity contribution in [1.29, 1.82) is 0 Å². The van der Waals surface area contributed by atoms with E-state index in [4.69, 9.17) is 4.74 Å². The highest BCUT2D eigenvalue weighted by atomic mass is 32.1. The van der Waals surface area contributed by atoms with E-state index in [1.54, 1.807) is 0 Å². The summed E-state index contributed by atoms with van der Waals surface area (Å²) in [6, 6.07) is 11.5. The van der Waals surface area contributed by atoms with Gasteiger partial charge in [0.25, 0.3) is 0 Å².